The number of oxazole rings is 1. The van der Waals surface area contributed by atoms with E-state index in [0.29, 0.717) is 23.0 Å². The molecular weight excluding hydrogens is 572 g/mol. The second kappa shape index (κ2) is 12.1. The molecule has 0 unspecified atom stereocenters. The highest BCUT2D eigenvalue weighted by Gasteiger charge is 2.18. The summed E-state index contributed by atoms with van der Waals surface area (Å²) in [5, 5.41) is 32.5. The summed E-state index contributed by atoms with van der Waals surface area (Å²) in [6, 6.07) is 36.0. The maximum atomic E-state index is 9.21. The molecule has 8 aromatic rings. The van der Waals surface area contributed by atoms with E-state index in [0.717, 1.165) is 43.9 Å². The highest BCUT2D eigenvalue weighted by atomic mass is 32.1. The highest BCUT2D eigenvalue weighted by Crippen LogP contribution is 2.32. The zero-order valence-corrected chi connectivity index (χ0v) is 24.2. The molecule has 0 amide bonds. The molecule has 4 heterocycles. The molecule has 9 nitrogen and oxygen atoms in total. The molecule has 10 heteroatoms. The number of nitrogens with zero attached hydrogens (tertiary/aromatic N) is 6. The zero-order valence-electron chi connectivity index (χ0n) is 23.4. The Kier molecular flexibility index (Phi) is 7.51. The normalized spacial score (nSPS) is 11.1. The number of fused-ring (bicyclic) bond motifs is 2. The van der Waals surface area contributed by atoms with Gasteiger partial charge >= 0.3 is 0 Å². The average molecular weight is 599 g/mol. The average Bonchev–Trinajstić information content (AvgIpc) is 3.90. The predicted molar refractivity (Wildman–Crippen MR) is 171 cm³/mol. The van der Waals surface area contributed by atoms with E-state index in [4.69, 9.17) is 14.6 Å². The summed E-state index contributed by atoms with van der Waals surface area (Å²) < 4.78 is 9.26. The third kappa shape index (κ3) is 5.18. The lowest BCUT2D eigenvalue weighted by molar-refractivity contribution is 0.276. The molecule has 4 aromatic heterocycles. The van der Waals surface area contributed by atoms with Gasteiger partial charge in [0, 0.05) is 16.2 Å². The SMILES string of the molecule is OCc1coc(-c2nn(-c3ccccc3)c3ccccc23)n1.OCc1csc(-c2nn(-c3ccccc3)c3ccccc23)n1. The van der Waals surface area contributed by atoms with E-state index in [-0.39, 0.29) is 13.2 Å². The molecule has 0 aliphatic rings. The lowest BCUT2D eigenvalue weighted by Crippen LogP contribution is -1.95. The first-order valence-electron chi connectivity index (χ1n) is 13.9. The van der Waals surface area contributed by atoms with Crippen molar-refractivity contribution in [1.82, 2.24) is 29.5 Å². The van der Waals surface area contributed by atoms with Crippen LogP contribution in [0.25, 0.3) is 55.5 Å². The van der Waals surface area contributed by atoms with Crippen molar-refractivity contribution in [2.75, 3.05) is 0 Å². The quantitative estimate of drug-likeness (QED) is 0.216. The number of thiazole rings is 1. The van der Waals surface area contributed by atoms with Crippen molar-refractivity contribution < 1.29 is 14.6 Å². The summed E-state index contributed by atoms with van der Waals surface area (Å²) in [5.41, 5.74) is 6.70. The van der Waals surface area contributed by atoms with Crippen LogP contribution < -0.4 is 0 Å². The second-order valence-corrected chi connectivity index (χ2v) is 10.7. The van der Waals surface area contributed by atoms with Gasteiger partial charge in [-0.2, -0.15) is 10.2 Å². The van der Waals surface area contributed by atoms with Gasteiger partial charge in [0.15, 0.2) is 5.69 Å². The fraction of sp³-hybridized carbons (Fsp3) is 0.0588. The Balaban J connectivity index is 0.000000142. The van der Waals surface area contributed by atoms with Crippen molar-refractivity contribution in [2.24, 2.45) is 0 Å². The lowest BCUT2D eigenvalue weighted by atomic mass is 10.2. The van der Waals surface area contributed by atoms with Gasteiger partial charge in [-0.3, -0.25) is 0 Å². The number of rotatable bonds is 6. The van der Waals surface area contributed by atoms with Gasteiger partial charge in [0.05, 0.1) is 41.3 Å². The Morgan fingerprint density at radius 2 is 1.11 bits per heavy atom. The molecule has 0 spiro atoms. The first kappa shape index (κ1) is 27.4. The van der Waals surface area contributed by atoms with Crippen molar-refractivity contribution in [3.8, 4) is 33.7 Å². The molecule has 0 aliphatic heterocycles. The van der Waals surface area contributed by atoms with Crippen LogP contribution in [0.15, 0.2) is 125 Å². The lowest BCUT2D eigenvalue weighted by Gasteiger charge is -2.01. The second-order valence-electron chi connectivity index (χ2n) is 9.83. The molecule has 44 heavy (non-hydrogen) atoms. The highest BCUT2D eigenvalue weighted by molar-refractivity contribution is 7.13. The Morgan fingerprint density at radius 3 is 1.66 bits per heavy atom. The van der Waals surface area contributed by atoms with Crippen LogP contribution in [-0.4, -0.2) is 39.7 Å². The number of aliphatic hydroxyl groups is 2. The fourth-order valence-electron chi connectivity index (χ4n) is 4.96. The number of hydrogen-bond acceptors (Lipinski definition) is 8. The first-order chi connectivity index (χ1) is 21.7. The summed E-state index contributed by atoms with van der Waals surface area (Å²) >= 11 is 1.50. The zero-order chi connectivity index (χ0) is 29.9. The van der Waals surface area contributed by atoms with Gasteiger partial charge in [0.2, 0.25) is 5.89 Å². The smallest absolute Gasteiger partial charge is 0.247 e. The molecule has 0 saturated carbocycles. The molecular formula is C34H26N6O3S. The number of benzene rings is 4. The van der Waals surface area contributed by atoms with Gasteiger partial charge in [0.1, 0.15) is 22.7 Å². The molecule has 0 atom stereocenters. The first-order valence-corrected chi connectivity index (χ1v) is 14.8. The molecule has 0 radical (unpaired) electrons. The number of aromatic nitrogens is 6. The van der Waals surface area contributed by atoms with Crippen LogP contribution >= 0.6 is 11.3 Å². The number of hydrogen-bond donors (Lipinski definition) is 2. The van der Waals surface area contributed by atoms with Crippen LogP contribution in [0.1, 0.15) is 11.4 Å². The maximum Gasteiger partial charge on any atom is 0.247 e. The topological polar surface area (TPSA) is 115 Å². The summed E-state index contributed by atoms with van der Waals surface area (Å²) in [6.07, 6.45) is 1.45. The Labute approximate surface area is 255 Å². The molecule has 0 aliphatic carbocycles. The van der Waals surface area contributed by atoms with Gasteiger partial charge in [-0.1, -0.05) is 72.8 Å². The molecule has 8 rings (SSSR count). The summed E-state index contributed by atoms with van der Waals surface area (Å²) in [5.74, 6) is 0.412. The van der Waals surface area contributed by atoms with Crippen LogP contribution in [0.5, 0.6) is 0 Å². The Morgan fingerprint density at radius 1 is 0.591 bits per heavy atom. The minimum atomic E-state index is -0.152. The van der Waals surface area contributed by atoms with Crippen LogP contribution in [-0.2, 0) is 13.2 Å². The maximum absolute atomic E-state index is 9.21. The Bertz CT molecular complexity index is 2010. The summed E-state index contributed by atoms with van der Waals surface area (Å²) in [6.45, 7) is -0.200. The van der Waals surface area contributed by atoms with E-state index in [1.165, 1.54) is 17.6 Å². The van der Waals surface area contributed by atoms with Crippen molar-refractivity contribution in [2.45, 2.75) is 13.2 Å². The minimum absolute atomic E-state index is 0.0478. The van der Waals surface area contributed by atoms with Crippen LogP contribution in [0, 0.1) is 0 Å². The van der Waals surface area contributed by atoms with E-state index in [1.807, 2.05) is 112 Å². The molecule has 0 saturated heterocycles. The van der Waals surface area contributed by atoms with Crippen molar-refractivity contribution >= 4 is 33.1 Å². The Hall–Kier alpha value is -5.42. The van der Waals surface area contributed by atoms with Crippen molar-refractivity contribution in [3.63, 3.8) is 0 Å². The van der Waals surface area contributed by atoms with Gasteiger partial charge < -0.3 is 14.6 Å². The summed E-state index contributed by atoms with van der Waals surface area (Å²) in [7, 11) is 0. The standard InChI is InChI=1S/C17H13N3O2.C17H13N3OS/c2*21-10-12-11-22-17(18-12)16-14-8-4-5-9-15(14)20(19-16)13-6-2-1-3-7-13/h2*1-9,11,21H,10H2. The van der Waals surface area contributed by atoms with Crippen molar-refractivity contribution in [3.05, 3.63) is 132 Å². The molecule has 0 fully saturated rings. The number of aliphatic hydroxyl groups excluding tert-OH is 2. The third-order valence-electron chi connectivity index (χ3n) is 7.01. The van der Waals surface area contributed by atoms with E-state index in [1.54, 1.807) is 0 Å². The van der Waals surface area contributed by atoms with E-state index in [9.17, 15) is 5.11 Å². The summed E-state index contributed by atoms with van der Waals surface area (Å²) in [4.78, 5) is 8.71. The molecule has 2 N–H and O–H groups in total. The van der Waals surface area contributed by atoms with Crippen molar-refractivity contribution in [1.29, 1.82) is 0 Å². The van der Waals surface area contributed by atoms with Crippen LogP contribution in [0.2, 0.25) is 0 Å². The van der Waals surface area contributed by atoms with Gasteiger partial charge in [-0.25, -0.2) is 19.3 Å². The molecule has 4 aromatic carbocycles. The van der Waals surface area contributed by atoms with E-state index in [2.05, 4.69) is 27.2 Å². The van der Waals surface area contributed by atoms with Gasteiger partial charge in [-0.15, -0.1) is 11.3 Å². The third-order valence-corrected chi connectivity index (χ3v) is 7.91. The monoisotopic (exact) mass is 598 g/mol. The van der Waals surface area contributed by atoms with E-state index < -0.39 is 0 Å². The minimum Gasteiger partial charge on any atom is -0.443 e. The largest absolute Gasteiger partial charge is 0.443 e. The molecule has 216 valence electrons. The van der Waals surface area contributed by atoms with E-state index >= 15 is 0 Å². The number of para-hydroxylation sites is 4. The van der Waals surface area contributed by atoms with Crippen LogP contribution in [0.4, 0.5) is 0 Å². The van der Waals surface area contributed by atoms with Gasteiger partial charge in [-0.05, 0) is 36.4 Å². The predicted octanol–water partition coefficient (Wildman–Crippen LogP) is 6.81. The molecule has 0 bridgehead atoms. The fourth-order valence-corrected chi connectivity index (χ4v) is 5.76. The van der Waals surface area contributed by atoms with Gasteiger partial charge in [0.25, 0.3) is 0 Å². The van der Waals surface area contributed by atoms with Crippen LogP contribution in [0.3, 0.4) is 0 Å².